The van der Waals surface area contributed by atoms with Gasteiger partial charge in [0.05, 0.1) is 0 Å². The van der Waals surface area contributed by atoms with Crippen molar-refractivity contribution in [3.63, 3.8) is 0 Å². The third-order valence-corrected chi connectivity index (χ3v) is 3.22. The quantitative estimate of drug-likeness (QED) is 0.589. The topological polar surface area (TPSA) is 3.24 Å². The molecule has 0 amide bonds. The van der Waals surface area contributed by atoms with E-state index in [-0.39, 0.29) is 12.8 Å². The lowest BCUT2D eigenvalue weighted by atomic mass is 9.73. The summed E-state index contributed by atoms with van der Waals surface area (Å²) in [5.41, 5.74) is 0. The van der Waals surface area contributed by atoms with Crippen molar-refractivity contribution in [2.24, 2.45) is 11.8 Å². The normalized spacial score (nSPS) is 36.8. The summed E-state index contributed by atoms with van der Waals surface area (Å²) < 4.78 is 25.1. The monoisotopic (exact) mass is 175 g/mol. The lowest BCUT2D eigenvalue weighted by molar-refractivity contribution is -0.124. The van der Waals surface area contributed by atoms with Crippen molar-refractivity contribution in [1.29, 1.82) is 0 Å². The summed E-state index contributed by atoms with van der Waals surface area (Å²) in [6, 6.07) is 0. The second-order valence-corrected chi connectivity index (χ2v) is 4.34. The Morgan fingerprint density at radius 3 is 2.33 bits per heavy atom. The Balaban J connectivity index is 1.81. The van der Waals surface area contributed by atoms with E-state index in [4.69, 9.17) is 0 Å². The van der Waals surface area contributed by atoms with Gasteiger partial charge in [0.25, 0.3) is 0 Å². The van der Waals surface area contributed by atoms with Crippen LogP contribution in [0.4, 0.5) is 8.78 Å². The first-order valence-electron chi connectivity index (χ1n) is 4.63. The predicted molar refractivity (Wildman–Crippen MR) is 43.3 cm³/mol. The molecule has 0 N–H and O–H groups in total. The summed E-state index contributed by atoms with van der Waals surface area (Å²) in [7, 11) is 2.07. The Hall–Kier alpha value is -0.180. The number of hydrogen-bond donors (Lipinski definition) is 0. The van der Waals surface area contributed by atoms with Crippen LogP contribution in [0.25, 0.3) is 0 Å². The molecule has 1 aliphatic heterocycles. The van der Waals surface area contributed by atoms with Gasteiger partial charge in [0, 0.05) is 19.4 Å². The molecule has 2 rings (SSSR count). The van der Waals surface area contributed by atoms with Gasteiger partial charge in [-0.3, -0.25) is 0 Å². The van der Waals surface area contributed by atoms with Gasteiger partial charge in [-0.05, 0) is 31.8 Å². The molecular weight excluding hydrogens is 160 g/mol. The third-order valence-electron chi connectivity index (χ3n) is 3.22. The molecule has 12 heavy (non-hydrogen) atoms. The summed E-state index contributed by atoms with van der Waals surface area (Å²) in [4.78, 5) is 2.24. The molecule has 0 aromatic carbocycles. The molecular formula is C9H15F2N. The van der Waals surface area contributed by atoms with Crippen LogP contribution in [0.3, 0.4) is 0 Å². The molecule has 1 nitrogen and oxygen atoms in total. The molecule has 0 spiro atoms. The highest BCUT2D eigenvalue weighted by Crippen LogP contribution is 2.47. The number of halogens is 2. The highest BCUT2D eigenvalue weighted by Gasteiger charge is 2.49. The van der Waals surface area contributed by atoms with Crippen LogP contribution in [-0.2, 0) is 0 Å². The highest BCUT2D eigenvalue weighted by atomic mass is 19.3. The molecule has 2 aliphatic rings. The Morgan fingerprint density at radius 1 is 1.25 bits per heavy atom. The van der Waals surface area contributed by atoms with Gasteiger partial charge in [-0.25, -0.2) is 8.78 Å². The Bertz CT molecular complexity index is 173. The molecule has 0 radical (unpaired) electrons. The van der Waals surface area contributed by atoms with Crippen LogP contribution in [0.1, 0.15) is 19.3 Å². The highest BCUT2D eigenvalue weighted by molar-refractivity contribution is 4.92. The molecule has 1 unspecified atom stereocenters. The SMILES string of the molecule is CN1CCC(C2CC(F)(F)C2)C1. The van der Waals surface area contributed by atoms with Crippen molar-refractivity contribution in [2.75, 3.05) is 20.1 Å². The maximum absolute atomic E-state index is 12.5. The molecule has 0 aromatic rings. The summed E-state index contributed by atoms with van der Waals surface area (Å²) in [5, 5.41) is 0. The van der Waals surface area contributed by atoms with Crippen LogP contribution in [0.5, 0.6) is 0 Å². The molecule has 1 atom stereocenters. The van der Waals surface area contributed by atoms with Crippen molar-refractivity contribution in [3.05, 3.63) is 0 Å². The van der Waals surface area contributed by atoms with Crippen molar-refractivity contribution in [2.45, 2.75) is 25.2 Å². The summed E-state index contributed by atoms with van der Waals surface area (Å²) >= 11 is 0. The van der Waals surface area contributed by atoms with E-state index in [9.17, 15) is 8.78 Å². The van der Waals surface area contributed by atoms with E-state index in [1.165, 1.54) is 0 Å². The average Bonchev–Trinajstić information content (AvgIpc) is 2.30. The fourth-order valence-corrected chi connectivity index (χ4v) is 2.39. The van der Waals surface area contributed by atoms with E-state index < -0.39 is 5.92 Å². The molecule has 3 heteroatoms. The average molecular weight is 175 g/mol. The summed E-state index contributed by atoms with van der Waals surface area (Å²) in [5.74, 6) is -1.47. The lowest BCUT2D eigenvalue weighted by Gasteiger charge is -2.38. The van der Waals surface area contributed by atoms with Crippen molar-refractivity contribution >= 4 is 0 Å². The number of nitrogens with zero attached hydrogens (tertiary/aromatic N) is 1. The first kappa shape index (κ1) is 8.42. The van der Waals surface area contributed by atoms with Crippen LogP contribution < -0.4 is 0 Å². The van der Waals surface area contributed by atoms with Crippen LogP contribution in [0, 0.1) is 11.8 Å². The minimum atomic E-state index is -2.33. The van der Waals surface area contributed by atoms with Gasteiger partial charge < -0.3 is 4.90 Å². The Kier molecular flexibility index (Phi) is 1.86. The van der Waals surface area contributed by atoms with Gasteiger partial charge in [0.1, 0.15) is 0 Å². The predicted octanol–water partition coefficient (Wildman–Crippen LogP) is 1.98. The van der Waals surface area contributed by atoms with E-state index in [0.29, 0.717) is 11.8 Å². The maximum Gasteiger partial charge on any atom is 0.248 e. The van der Waals surface area contributed by atoms with Gasteiger partial charge in [-0.15, -0.1) is 0 Å². The molecule has 0 aromatic heterocycles. The molecule has 70 valence electrons. The number of hydrogen-bond acceptors (Lipinski definition) is 1. The molecule has 1 saturated carbocycles. The lowest BCUT2D eigenvalue weighted by Crippen LogP contribution is -2.40. The number of likely N-dealkylation sites (tertiary alicyclic amines) is 1. The number of alkyl halides is 2. The third kappa shape index (κ3) is 1.47. The minimum absolute atomic E-state index is 0.144. The molecule has 1 saturated heterocycles. The fourth-order valence-electron chi connectivity index (χ4n) is 2.39. The zero-order valence-corrected chi connectivity index (χ0v) is 7.39. The molecule has 2 fully saturated rings. The zero-order valence-electron chi connectivity index (χ0n) is 7.39. The smallest absolute Gasteiger partial charge is 0.248 e. The van der Waals surface area contributed by atoms with Crippen molar-refractivity contribution in [3.8, 4) is 0 Å². The Labute approximate surface area is 71.7 Å². The van der Waals surface area contributed by atoms with Crippen LogP contribution in [-0.4, -0.2) is 31.0 Å². The number of rotatable bonds is 1. The Morgan fingerprint density at radius 2 is 1.92 bits per heavy atom. The van der Waals surface area contributed by atoms with Gasteiger partial charge in [-0.1, -0.05) is 0 Å². The molecule has 0 bridgehead atoms. The molecule has 1 heterocycles. The van der Waals surface area contributed by atoms with E-state index in [1.807, 2.05) is 0 Å². The van der Waals surface area contributed by atoms with Gasteiger partial charge >= 0.3 is 0 Å². The summed E-state index contributed by atoms with van der Waals surface area (Å²) in [6.45, 7) is 2.12. The fraction of sp³-hybridized carbons (Fsp3) is 1.00. The van der Waals surface area contributed by atoms with Crippen LogP contribution in [0.2, 0.25) is 0 Å². The van der Waals surface area contributed by atoms with Crippen molar-refractivity contribution in [1.82, 2.24) is 4.90 Å². The largest absolute Gasteiger partial charge is 0.306 e. The minimum Gasteiger partial charge on any atom is -0.306 e. The standard InChI is InChI=1S/C9H15F2N/c1-12-3-2-7(6-12)8-4-9(10,11)5-8/h7-8H,2-6H2,1H3. The maximum atomic E-state index is 12.5. The zero-order chi connectivity index (χ0) is 8.77. The van der Waals surface area contributed by atoms with Crippen molar-refractivity contribution < 1.29 is 8.78 Å². The van der Waals surface area contributed by atoms with Gasteiger partial charge in [-0.2, -0.15) is 0 Å². The first-order chi connectivity index (χ1) is 5.57. The van der Waals surface area contributed by atoms with E-state index in [1.54, 1.807) is 0 Å². The van der Waals surface area contributed by atoms with Gasteiger partial charge in [0.15, 0.2) is 0 Å². The second kappa shape index (κ2) is 2.66. The summed E-state index contributed by atoms with van der Waals surface area (Å²) in [6.07, 6.45) is 1.41. The van der Waals surface area contributed by atoms with E-state index in [0.717, 1.165) is 19.5 Å². The van der Waals surface area contributed by atoms with Crippen LogP contribution >= 0.6 is 0 Å². The van der Waals surface area contributed by atoms with E-state index >= 15 is 0 Å². The van der Waals surface area contributed by atoms with Crippen LogP contribution in [0.15, 0.2) is 0 Å². The van der Waals surface area contributed by atoms with E-state index in [2.05, 4.69) is 11.9 Å². The molecule has 1 aliphatic carbocycles. The first-order valence-corrected chi connectivity index (χ1v) is 4.63. The second-order valence-electron chi connectivity index (χ2n) is 4.34. The van der Waals surface area contributed by atoms with Gasteiger partial charge in [0.2, 0.25) is 5.92 Å².